The van der Waals surface area contributed by atoms with Crippen LogP contribution in [0.5, 0.6) is 5.75 Å². The van der Waals surface area contributed by atoms with Crippen LogP contribution >= 0.6 is 0 Å². The maximum atomic E-state index is 7.17. The van der Waals surface area contributed by atoms with Gasteiger partial charge in [-0.2, -0.15) is 0 Å². The molecule has 0 aliphatic carbocycles. The minimum absolute atomic E-state index is 0.0994. The number of benzene rings is 3. The van der Waals surface area contributed by atoms with Crippen LogP contribution in [0.1, 0.15) is 51.3 Å². The predicted molar refractivity (Wildman–Crippen MR) is 133 cm³/mol. The van der Waals surface area contributed by atoms with E-state index in [2.05, 4.69) is 101 Å². The zero-order chi connectivity index (χ0) is 22.5. The van der Waals surface area contributed by atoms with Crippen molar-refractivity contribution in [3.8, 4) is 5.75 Å². The molecule has 0 bridgehead atoms. The van der Waals surface area contributed by atoms with E-state index in [0.29, 0.717) is 0 Å². The highest BCUT2D eigenvalue weighted by molar-refractivity contribution is 6.11. The standard InChI is InChI=1S/C29H29NO2/c1-27(2,3)21-17-24-25(18-11-7-10-14-23(18)31-24)19-15-16-29(32-26(19)21)28(4,5)20-12-8-9-13-22(20)30(29)6/h7-17H,1-6H3. The lowest BCUT2D eigenvalue weighted by Gasteiger charge is -2.47. The zero-order valence-electron chi connectivity index (χ0n) is 19.6. The molecule has 6 rings (SSSR count). The number of nitrogens with zero attached hydrogens (tertiary/aromatic N) is 1. The van der Waals surface area contributed by atoms with Gasteiger partial charge in [0.2, 0.25) is 5.72 Å². The first-order valence-electron chi connectivity index (χ1n) is 11.4. The summed E-state index contributed by atoms with van der Waals surface area (Å²) < 4.78 is 13.5. The van der Waals surface area contributed by atoms with E-state index in [1.807, 2.05) is 12.1 Å². The highest BCUT2D eigenvalue weighted by Gasteiger charge is 2.58. The average Bonchev–Trinajstić information content (AvgIpc) is 3.21. The molecule has 162 valence electrons. The van der Waals surface area contributed by atoms with Crippen LogP contribution in [0.2, 0.25) is 0 Å². The molecule has 0 radical (unpaired) electrons. The van der Waals surface area contributed by atoms with Gasteiger partial charge >= 0.3 is 0 Å². The monoisotopic (exact) mass is 423 g/mol. The second-order valence-electron chi connectivity index (χ2n) is 10.7. The second-order valence-corrected chi connectivity index (χ2v) is 10.7. The van der Waals surface area contributed by atoms with Gasteiger partial charge in [0.15, 0.2) is 0 Å². The fourth-order valence-electron chi connectivity index (χ4n) is 5.71. The fourth-order valence-corrected chi connectivity index (χ4v) is 5.71. The summed E-state index contributed by atoms with van der Waals surface area (Å²) in [5, 5.41) is 2.26. The molecule has 0 saturated heterocycles. The molecule has 3 heterocycles. The van der Waals surface area contributed by atoms with Crippen molar-refractivity contribution >= 4 is 33.7 Å². The maximum absolute atomic E-state index is 7.17. The van der Waals surface area contributed by atoms with E-state index in [9.17, 15) is 0 Å². The summed E-state index contributed by atoms with van der Waals surface area (Å²) in [5.74, 6) is 0.965. The van der Waals surface area contributed by atoms with Crippen molar-refractivity contribution in [2.75, 3.05) is 11.9 Å². The largest absolute Gasteiger partial charge is 0.462 e. The van der Waals surface area contributed by atoms with Crippen molar-refractivity contribution in [2.24, 2.45) is 0 Å². The van der Waals surface area contributed by atoms with E-state index >= 15 is 0 Å². The zero-order valence-corrected chi connectivity index (χ0v) is 19.6. The molecule has 2 aliphatic heterocycles. The highest BCUT2D eigenvalue weighted by atomic mass is 16.5. The number of hydrogen-bond acceptors (Lipinski definition) is 3. The van der Waals surface area contributed by atoms with Gasteiger partial charge in [-0.15, -0.1) is 0 Å². The van der Waals surface area contributed by atoms with Gasteiger partial charge in [-0.05, 0) is 55.2 Å². The number of anilines is 1. The lowest BCUT2D eigenvalue weighted by Crippen LogP contribution is -2.58. The van der Waals surface area contributed by atoms with Gasteiger partial charge in [0.1, 0.15) is 16.9 Å². The first kappa shape index (κ1) is 19.5. The normalized spacial score (nSPS) is 21.2. The molecule has 0 N–H and O–H groups in total. The molecule has 0 amide bonds. The van der Waals surface area contributed by atoms with Crippen LogP contribution < -0.4 is 9.64 Å². The van der Waals surface area contributed by atoms with Crippen LogP contribution in [0.4, 0.5) is 5.69 Å². The Bertz CT molecular complexity index is 1430. The SMILES string of the molecule is CN1c2ccccc2C(C)(C)C12C=Cc1c(c(C(C)(C)C)cc3oc4ccccc4c13)O2. The van der Waals surface area contributed by atoms with Gasteiger partial charge in [-0.3, -0.25) is 0 Å². The summed E-state index contributed by atoms with van der Waals surface area (Å²) >= 11 is 0. The van der Waals surface area contributed by atoms with Gasteiger partial charge in [0, 0.05) is 34.6 Å². The molecular formula is C29H29NO2. The minimum Gasteiger partial charge on any atom is -0.462 e. The van der Waals surface area contributed by atoms with Crippen LogP contribution in [0.3, 0.4) is 0 Å². The Labute approximate surface area is 189 Å². The number of rotatable bonds is 0. The Morgan fingerprint density at radius 3 is 2.38 bits per heavy atom. The fraction of sp³-hybridized carbons (Fsp3) is 0.310. The van der Waals surface area contributed by atoms with Crippen LogP contribution in [0.15, 0.2) is 65.1 Å². The maximum Gasteiger partial charge on any atom is 0.211 e. The van der Waals surface area contributed by atoms with Crippen molar-refractivity contribution in [1.29, 1.82) is 0 Å². The lowest BCUT2D eigenvalue weighted by atomic mass is 9.75. The summed E-state index contributed by atoms with van der Waals surface area (Å²) in [5.41, 5.74) is 5.72. The number of para-hydroxylation sites is 2. The second kappa shape index (κ2) is 5.98. The van der Waals surface area contributed by atoms with Crippen LogP contribution in [-0.4, -0.2) is 12.8 Å². The number of ether oxygens (including phenoxy) is 1. The minimum atomic E-state index is -0.600. The van der Waals surface area contributed by atoms with Crippen molar-refractivity contribution in [1.82, 2.24) is 0 Å². The quantitative estimate of drug-likeness (QED) is 0.294. The number of furan rings is 1. The van der Waals surface area contributed by atoms with Gasteiger partial charge in [0.25, 0.3) is 0 Å². The molecule has 0 fully saturated rings. The van der Waals surface area contributed by atoms with Crippen molar-refractivity contribution in [3.05, 3.63) is 77.4 Å². The van der Waals surface area contributed by atoms with E-state index in [-0.39, 0.29) is 10.8 Å². The molecule has 3 heteroatoms. The Morgan fingerprint density at radius 1 is 0.906 bits per heavy atom. The smallest absolute Gasteiger partial charge is 0.211 e. The number of likely N-dealkylation sites (N-methyl/N-ethyl adjacent to an activating group) is 1. The average molecular weight is 424 g/mol. The summed E-state index contributed by atoms with van der Waals surface area (Å²) in [4.78, 5) is 2.30. The van der Waals surface area contributed by atoms with Gasteiger partial charge in [0.05, 0.1) is 5.41 Å². The van der Waals surface area contributed by atoms with Crippen molar-refractivity contribution < 1.29 is 9.15 Å². The molecule has 3 nitrogen and oxygen atoms in total. The molecule has 1 atom stereocenters. The number of fused-ring (bicyclic) bond motifs is 6. The van der Waals surface area contributed by atoms with E-state index in [0.717, 1.165) is 33.3 Å². The Morgan fingerprint density at radius 2 is 1.62 bits per heavy atom. The third kappa shape index (κ3) is 2.26. The molecule has 2 aliphatic rings. The molecule has 4 aromatic rings. The molecule has 1 spiro atoms. The molecule has 32 heavy (non-hydrogen) atoms. The third-order valence-corrected chi connectivity index (χ3v) is 7.53. The molecule has 3 aromatic carbocycles. The van der Waals surface area contributed by atoms with E-state index in [4.69, 9.17) is 9.15 Å². The Kier molecular flexibility index (Phi) is 3.64. The summed E-state index contributed by atoms with van der Waals surface area (Å²) in [6.07, 6.45) is 4.52. The van der Waals surface area contributed by atoms with Crippen molar-refractivity contribution in [3.63, 3.8) is 0 Å². The first-order chi connectivity index (χ1) is 15.1. The van der Waals surface area contributed by atoms with Gasteiger partial charge in [-0.1, -0.05) is 57.2 Å². The van der Waals surface area contributed by atoms with Gasteiger partial charge in [-0.25, -0.2) is 0 Å². The first-order valence-corrected chi connectivity index (χ1v) is 11.4. The lowest BCUT2D eigenvalue weighted by molar-refractivity contribution is 0.0564. The molecule has 0 saturated carbocycles. The van der Waals surface area contributed by atoms with Crippen LogP contribution in [-0.2, 0) is 10.8 Å². The third-order valence-electron chi connectivity index (χ3n) is 7.53. The predicted octanol–water partition coefficient (Wildman–Crippen LogP) is 7.41. The molecule has 1 aromatic heterocycles. The molecule has 1 unspecified atom stereocenters. The van der Waals surface area contributed by atoms with Gasteiger partial charge < -0.3 is 14.1 Å². The summed E-state index contributed by atoms with van der Waals surface area (Å²) in [7, 11) is 2.14. The Balaban J connectivity index is 1.67. The summed E-state index contributed by atoms with van der Waals surface area (Å²) in [6, 6.07) is 19.1. The summed E-state index contributed by atoms with van der Waals surface area (Å²) in [6.45, 7) is 11.3. The van der Waals surface area contributed by atoms with Crippen molar-refractivity contribution in [2.45, 2.75) is 51.2 Å². The van der Waals surface area contributed by atoms with E-state index in [1.54, 1.807) is 0 Å². The van der Waals surface area contributed by atoms with E-state index < -0.39 is 5.72 Å². The Hall–Kier alpha value is -3.20. The molecular weight excluding hydrogens is 394 g/mol. The topological polar surface area (TPSA) is 25.6 Å². The van der Waals surface area contributed by atoms with E-state index in [1.165, 1.54) is 16.8 Å². The number of hydrogen-bond donors (Lipinski definition) is 0. The van der Waals surface area contributed by atoms with Crippen LogP contribution in [0.25, 0.3) is 28.0 Å². The highest BCUT2D eigenvalue weighted by Crippen LogP contribution is 2.56. The van der Waals surface area contributed by atoms with Crippen LogP contribution in [0, 0.1) is 0 Å².